The SMILES string of the molecule is CCC(CC)(OC)c1noc(-c2sccc2N)n1. The van der Waals surface area contributed by atoms with Crippen molar-refractivity contribution < 1.29 is 9.26 Å². The summed E-state index contributed by atoms with van der Waals surface area (Å²) in [6, 6.07) is 1.83. The van der Waals surface area contributed by atoms with E-state index in [0.29, 0.717) is 17.4 Å². The second kappa shape index (κ2) is 5.07. The first-order valence-corrected chi connectivity index (χ1v) is 6.77. The number of nitrogen functional groups attached to an aromatic ring is 1. The molecule has 2 rings (SSSR count). The van der Waals surface area contributed by atoms with E-state index in [1.807, 2.05) is 25.3 Å². The van der Waals surface area contributed by atoms with E-state index < -0.39 is 5.60 Å². The summed E-state index contributed by atoms with van der Waals surface area (Å²) in [7, 11) is 1.67. The second-order valence-electron chi connectivity index (χ2n) is 4.03. The van der Waals surface area contributed by atoms with Crippen LogP contribution in [0.2, 0.25) is 0 Å². The van der Waals surface area contributed by atoms with E-state index in [1.54, 1.807) is 7.11 Å². The average Bonchev–Trinajstić information content (AvgIpc) is 3.01. The van der Waals surface area contributed by atoms with Gasteiger partial charge in [-0.25, -0.2) is 0 Å². The average molecular weight is 267 g/mol. The largest absolute Gasteiger partial charge is 0.397 e. The third kappa shape index (κ3) is 2.02. The maximum absolute atomic E-state index is 5.84. The van der Waals surface area contributed by atoms with Crippen molar-refractivity contribution >= 4 is 17.0 Å². The van der Waals surface area contributed by atoms with Gasteiger partial charge in [0.25, 0.3) is 5.89 Å². The van der Waals surface area contributed by atoms with Crippen LogP contribution in [0, 0.1) is 0 Å². The molecule has 0 atom stereocenters. The van der Waals surface area contributed by atoms with Crippen molar-refractivity contribution in [1.29, 1.82) is 0 Å². The van der Waals surface area contributed by atoms with Crippen molar-refractivity contribution in [3.8, 4) is 10.8 Å². The summed E-state index contributed by atoms with van der Waals surface area (Å²) in [6.45, 7) is 4.09. The molecule has 0 aliphatic heterocycles. The van der Waals surface area contributed by atoms with E-state index in [0.717, 1.165) is 17.7 Å². The van der Waals surface area contributed by atoms with Crippen molar-refractivity contribution in [2.45, 2.75) is 32.3 Å². The Kier molecular flexibility index (Phi) is 3.68. The Morgan fingerprint density at radius 1 is 1.44 bits per heavy atom. The number of nitrogens with zero attached hydrogens (tertiary/aromatic N) is 2. The summed E-state index contributed by atoms with van der Waals surface area (Å²) < 4.78 is 10.9. The molecule has 2 aromatic rings. The van der Waals surface area contributed by atoms with Crippen LogP contribution in [0.3, 0.4) is 0 Å². The van der Waals surface area contributed by atoms with Crippen LogP contribution in [0.25, 0.3) is 10.8 Å². The first-order chi connectivity index (χ1) is 8.66. The lowest BCUT2D eigenvalue weighted by molar-refractivity contribution is -0.0306. The Hall–Kier alpha value is -1.40. The molecule has 0 unspecified atom stereocenters. The summed E-state index contributed by atoms with van der Waals surface area (Å²) in [5.41, 5.74) is 6.02. The van der Waals surface area contributed by atoms with Crippen LogP contribution < -0.4 is 5.73 Å². The lowest BCUT2D eigenvalue weighted by Gasteiger charge is -2.25. The number of nitrogens with two attached hydrogens (primary N) is 1. The van der Waals surface area contributed by atoms with Crippen molar-refractivity contribution in [3.63, 3.8) is 0 Å². The molecule has 0 saturated heterocycles. The fourth-order valence-electron chi connectivity index (χ4n) is 1.94. The van der Waals surface area contributed by atoms with Crippen LogP contribution in [0.15, 0.2) is 16.0 Å². The molecule has 6 heteroatoms. The summed E-state index contributed by atoms with van der Waals surface area (Å²) >= 11 is 1.49. The lowest BCUT2D eigenvalue weighted by atomic mass is 9.96. The molecular formula is C12H17N3O2S. The minimum atomic E-state index is -0.478. The second-order valence-corrected chi connectivity index (χ2v) is 4.95. The smallest absolute Gasteiger partial charge is 0.270 e. The molecule has 0 aliphatic rings. The molecule has 0 aliphatic carbocycles. The highest BCUT2D eigenvalue weighted by Crippen LogP contribution is 2.34. The van der Waals surface area contributed by atoms with E-state index in [2.05, 4.69) is 10.1 Å². The van der Waals surface area contributed by atoms with Gasteiger partial charge in [-0.15, -0.1) is 11.3 Å². The molecule has 5 nitrogen and oxygen atoms in total. The third-order valence-corrected chi connectivity index (χ3v) is 4.17. The topological polar surface area (TPSA) is 74.2 Å². The Morgan fingerprint density at radius 3 is 2.67 bits per heavy atom. The molecule has 0 saturated carbocycles. The Bertz CT molecular complexity index is 509. The van der Waals surface area contributed by atoms with Gasteiger partial charge in [-0.3, -0.25) is 0 Å². The molecule has 18 heavy (non-hydrogen) atoms. The normalized spacial score (nSPS) is 11.9. The molecule has 0 aromatic carbocycles. The molecule has 0 fully saturated rings. The number of thiophene rings is 1. The number of methoxy groups -OCH3 is 1. The van der Waals surface area contributed by atoms with Crippen LogP contribution in [0.5, 0.6) is 0 Å². The van der Waals surface area contributed by atoms with Gasteiger partial charge in [-0.2, -0.15) is 4.98 Å². The van der Waals surface area contributed by atoms with Crippen LogP contribution in [-0.2, 0) is 10.3 Å². The maximum Gasteiger partial charge on any atom is 0.270 e. The number of hydrogen-bond donors (Lipinski definition) is 1. The van der Waals surface area contributed by atoms with E-state index in [4.69, 9.17) is 15.0 Å². The van der Waals surface area contributed by atoms with Crippen molar-refractivity contribution in [1.82, 2.24) is 10.1 Å². The summed E-state index contributed by atoms with van der Waals surface area (Å²) in [6.07, 6.45) is 1.58. The minimum absolute atomic E-state index is 0.459. The lowest BCUT2D eigenvalue weighted by Crippen LogP contribution is -2.28. The summed E-state index contributed by atoms with van der Waals surface area (Å²) in [4.78, 5) is 5.24. The van der Waals surface area contributed by atoms with Gasteiger partial charge < -0.3 is 15.0 Å². The Balaban J connectivity index is 2.39. The van der Waals surface area contributed by atoms with Gasteiger partial charge in [0.1, 0.15) is 10.5 Å². The van der Waals surface area contributed by atoms with Gasteiger partial charge >= 0.3 is 0 Å². The molecule has 0 bridgehead atoms. The number of aromatic nitrogens is 2. The van der Waals surface area contributed by atoms with Crippen molar-refractivity contribution in [3.05, 3.63) is 17.3 Å². The number of anilines is 1. The summed E-state index contributed by atoms with van der Waals surface area (Å²) in [5.74, 6) is 1.04. The highest BCUT2D eigenvalue weighted by Gasteiger charge is 2.34. The number of rotatable bonds is 5. The van der Waals surface area contributed by atoms with Gasteiger partial charge in [0, 0.05) is 7.11 Å². The molecule has 2 aromatic heterocycles. The van der Waals surface area contributed by atoms with Crippen molar-refractivity contribution in [2.24, 2.45) is 0 Å². The minimum Gasteiger partial charge on any atom is -0.397 e. The van der Waals surface area contributed by atoms with Crippen LogP contribution in [0.4, 0.5) is 5.69 Å². The molecule has 0 spiro atoms. The monoisotopic (exact) mass is 267 g/mol. The van der Waals surface area contributed by atoms with Gasteiger partial charge in [0.15, 0.2) is 0 Å². The van der Waals surface area contributed by atoms with Crippen LogP contribution in [-0.4, -0.2) is 17.3 Å². The first-order valence-electron chi connectivity index (χ1n) is 5.89. The van der Waals surface area contributed by atoms with E-state index >= 15 is 0 Å². The first kappa shape index (κ1) is 13.0. The third-order valence-electron chi connectivity index (χ3n) is 3.26. The summed E-state index contributed by atoms with van der Waals surface area (Å²) in [5, 5.41) is 5.94. The number of ether oxygens (including phenoxy) is 1. The standard InChI is InChI=1S/C12H17N3O2S/c1-4-12(5-2,16-3)11-14-10(17-15-11)9-8(13)6-7-18-9/h6-7H,4-5,13H2,1-3H3. The fourth-order valence-corrected chi connectivity index (χ4v) is 2.68. The Morgan fingerprint density at radius 2 is 2.17 bits per heavy atom. The predicted octanol–water partition coefficient (Wildman–Crippen LogP) is 3.04. The quantitative estimate of drug-likeness (QED) is 0.901. The molecule has 0 radical (unpaired) electrons. The highest BCUT2D eigenvalue weighted by atomic mass is 32.1. The molecule has 98 valence electrons. The molecule has 2 N–H and O–H groups in total. The maximum atomic E-state index is 5.84. The zero-order chi connectivity index (χ0) is 13.2. The van der Waals surface area contributed by atoms with Crippen LogP contribution in [0.1, 0.15) is 32.5 Å². The molecule has 0 amide bonds. The van der Waals surface area contributed by atoms with Gasteiger partial charge in [0.05, 0.1) is 5.69 Å². The van der Waals surface area contributed by atoms with Crippen molar-refractivity contribution in [2.75, 3.05) is 12.8 Å². The molecule has 2 heterocycles. The van der Waals surface area contributed by atoms with Gasteiger partial charge in [-0.05, 0) is 24.3 Å². The highest BCUT2D eigenvalue weighted by molar-refractivity contribution is 7.14. The predicted molar refractivity (Wildman–Crippen MR) is 71.3 cm³/mol. The van der Waals surface area contributed by atoms with E-state index in [9.17, 15) is 0 Å². The molecular weight excluding hydrogens is 250 g/mol. The van der Waals surface area contributed by atoms with Gasteiger partial charge in [-0.1, -0.05) is 19.0 Å². The fraction of sp³-hybridized carbons (Fsp3) is 0.500. The zero-order valence-electron chi connectivity index (χ0n) is 10.8. The van der Waals surface area contributed by atoms with Crippen LogP contribution >= 0.6 is 11.3 Å². The number of hydrogen-bond acceptors (Lipinski definition) is 6. The zero-order valence-corrected chi connectivity index (χ0v) is 11.6. The van der Waals surface area contributed by atoms with E-state index in [1.165, 1.54) is 11.3 Å². The Labute approximate surface area is 110 Å². The van der Waals surface area contributed by atoms with Gasteiger partial charge in [0.2, 0.25) is 5.82 Å². The van der Waals surface area contributed by atoms with E-state index in [-0.39, 0.29) is 0 Å².